The first-order chi connectivity index (χ1) is 8.15. The highest BCUT2D eigenvalue weighted by Gasteiger charge is 2.31. The van der Waals surface area contributed by atoms with E-state index in [1.807, 2.05) is 6.20 Å². The fraction of sp³-hybridized carbons (Fsp3) is 0.615. The number of anilines is 1. The number of hydrogen-bond acceptors (Lipinski definition) is 2. The molecule has 2 rings (SSSR count). The zero-order valence-corrected chi connectivity index (χ0v) is 12.4. The monoisotopic (exact) mass is 316 g/mol. The van der Waals surface area contributed by atoms with Gasteiger partial charge in [-0.05, 0) is 47.3 Å². The Balaban J connectivity index is 2.14. The molecule has 4 heteroatoms. The molecule has 1 heterocycles. The molecule has 0 atom stereocenters. The van der Waals surface area contributed by atoms with E-state index in [1.165, 1.54) is 24.8 Å². The second kappa shape index (κ2) is 5.57. The minimum atomic E-state index is 0.0487. The van der Waals surface area contributed by atoms with Gasteiger partial charge >= 0.3 is 0 Å². The molecule has 0 spiro atoms. The number of nitrogens with zero attached hydrogens (tertiary/aromatic N) is 1. The van der Waals surface area contributed by atoms with Crippen molar-refractivity contribution in [1.29, 1.82) is 0 Å². The number of halogens is 2. The number of alkyl halides is 1. The third-order valence-electron chi connectivity index (χ3n) is 3.51. The van der Waals surface area contributed by atoms with Crippen molar-refractivity contribution in [3.8, 4) is 0 Å². The predicted molar refractivity (Wildman–Crippen MR) is 76.8 cm³/mol. The van der Waals surface area contributed by atoms with E-state index >= 15 is 0 Å². The Kier molecular flexibility index (Phi) is 4.31. The number of aromatic nitrogens is 1. The zero-order chi connectivity index (χ0) is 12.3. The molecule has 0 radical (unpaired) electrons. The molecule has 0 amide bonds. The lowest BCUT2D eigenvalue weighted by Crippen LogP contribution is -2.42. The van der Waals surface area contributed by atoms with Gasteiger partial charge < -0.3 is 5.32 Å². The molecule has 1 saturated carbocycles. The maximum Gasteiger partial charge on any atom is 0.126 e. The van der Waals surface area contributed by atoms with Crippen molar-refractivity contribution in [2.75, 3.05) is 11.2 Å². The minimum Gasteiger partial charge on any atom is -0.363 e. The van der Waals surface area contributed by atoms with Crippen LogP contribution in [0.1, 0.15) is 37.7 Å². The molecule has 1 aliphatic carbocycles. The standard InChI is InChI=1S/C13H18BrClN2/c1-10-7-12(16-8-11(10)14)17-13(9-15)5-3-2-4-6-13/h7-8H,2-6,9H2,1H3,(H,16,17). The lowest BCUT2D eigenvalue weighted by atomic mass is 9.83. The van der Waals surface area contributed by atoms with Crippen LogP contribution in [0.4, 0.5) is 5.82 Å². The van der Waals surface area contributed by atoms with E-state index in [4.69, 9.17) is 11.6 Å². The first-order valence-electron chi connectivity index (χ1n) is 6.11. The molecular formula is C13H18BrClN2. The van der Waals surface area contributed by atoms with Gasteiger partial charge in [-0.1, -0.05) is 19.3 Å². The highest BCUT2D eigenvalue weighted by atomic mass is 79.9. The van der Waals surface area contributed by atoms with Crippen LogP contribution in [0.15, 0.2) is 16.7 Å². The molecule has 1 aliphatic rings. The normalized spacial score (nSPS) is 19.0. The van der Waals surface area contributed by atoms with Gasteiger partial charge in [0.05, 0.1) is 5.54 Å². The van der Waals surface area contributed by atoms with Gasteiger partial charge in [-0.15, -0.1) is 11.6 Å². The second-order valence-corrected chi connectivity index (χ2v) is 6.04. The third kappa shape index (κ3) is 3.14. The average Bonchev–Trinajstić information content (AvgIpc) is 2.35. The van der Waals surface area contributed by atoms with E-state index in [2.05, 4.69) is 39.2 Å². The summed E-state index contributed by atoms with van der Waals surface area (Å²) < 4.78 is 1.05. The molecule has 1 aromatic heterocycles. The fourth-order valence-electron chi connectivity index (χ4n) is 2.40. The second-order valence-electron chi connectivity index (χ2n) is 4.92. The van der Waals surface area contributed by atoms with Crippen LogP contribution >= 0.6 is 27.5 Å². The molecule has 0 aromatic carbocycles. The van der Waals surface area contributed by atoms with Crippen LogP contribution in [-0.2, 0) is 0 Å². The van der Waals surface area contributed by atoms with E-state index < -0.39 is 0 Å². The van der Waals surface area contributed by atoms with Crippen molar-refractivity contribution < 1.29 is 0 Å². The highest BCUT2D eigenvalue weighted by Crippen LogP contribution is 2.32. The van der Waals surface area contributed by atoms with Gasteiger partial charge in [0, 0.05) is 16.5 Å². The number of hydrogen-bond donors (Lipinski definition) is 1. The van der Waals surface area contributed by atoms with E-state index in [-0.39, 0.29) is 5.54 Å². The molecule has 1 aromatic rings. The van der Waals surface area contributed by atoms with Crippen LogP contribution in [0.5, 0.6) is 0 Å². The van der Waals surface area contributed by atoms with Gasteiger partial charge in [-0.2, -0.15) is 0 Å². The van der Waals surface area contributed by atoms with Crippen molar-refractivity contribution in [2.24, 2.45) is 0 Å². The Morgan fingerprint density at radius 1 is 1.41 bits per heavy atom. The molecule has 1 fully saturated rings. The quantitative estimate of drug-likeness (QED) is 0.830. The van der Waals surface area contributed by atoms with Crippen LogP contribution in [0.25, 0.3) is 0 Å². The van der Waals surface area contributed by atoms with E-state index in [0.717, 1.165) is 23.1 Å². The van der Waals surface area contributed by atoms with Crippen molar-refractivity contribution in [2.45, 2.75) is 44.6 Å². The largest absolute Gasteiger partial charge is 0.363 e. The molecule has 0 unspecified atom stereocenters. The minimum absolute atomic E-state index is 0.0487. The Morgan fingerprint density at radius 2 is 2.12 bits per heavy atom. The van der Waals surface area contributed by atoms with Gasteiger partial charge in [0.25, 0.3) is 0 Å². The molecule has 0 saturated heterocycles. The molecule has 0 bridgehead atoms. The van der Waals surface area contributed by atoms with E-state index in [0.29, 0.717) is 5.88 Å². The molecular weight excluding hydrogens is 300 g/mol. The van der Waals surface area contributed by atoms with Crippen molar-refractivity contribution in [3.63, 3.8) is 0 Å². The van der Waals surface area contributed by atoms with Crippen molar-refractivity contribution in [1.82, 2.24) is 4.98 Å². The molecule has 94 valence electrons. The lowest BCUT2D eigenvalue weighted by molar-refractivity contribution is 0.352. The van der Waals surface area contributed by atoms with Crippen LogP contribution in [-0.4, -0.2) is 16.4 Å². The van der Waals surface area contributed by atoms with Gasteiger partial charge in [-0.3, -0.25) is 0 Å². The smallest absolute Gasteiger partial charge is 0.126 e. The molecule has 0 aliphatic heterocycles. The lowest BCUT2D eigenvalue weighted by Gasteiger charge is -2.37. The van der Waals surface area contributed by atoms with Crippen molar-refractivity contribution in [3.05, 3.63) is 22.3 Å². The summed E-state index contributed by atoms with van der Waals surface area (Å²) in [5, 5.41) is 3.55. The summed E-state index contributed by atoms with van der Waals surface area (Å²) in [6.45, 7) is 2.07. The Bertz CT molecular complexity index is 389. The Morgan fingerprint density at radius 3 is 2.71 bits per heavy atom. The van der Waals surface area contributed by atoms with E-state index in [1.54, 1.807) is 0 Å². The number of nitrogens with one attached hydrogen (secondary N) is 1. The van der Waals surface area contributed by atoms with Crippen LogP contribution in [0.3, 0.4) is 0 Å². The zero-order valence-electron chi connectivity index (χ0n) is 10.1. The third-order valence-corrected chi connectivity index (χ3v) is 4.85. The van der Waals surface area contributed by atoms with Crippen LogP contribution in [0, 0.1) is 6.92 Å². The SMILES string of the molecule is Cc1cc(NC2(CCl)CCCCC2)ncc1Br. The average molecular weight is 318 g/mol. The summed E-state index contributed by atoms with van der Waals surface area (Å²) in [6, 6.07) is 2.08. The van der Waals surface area contributed by atoms with Crippen molar-refractivity contribution >= 4 is 33.3 Å². The summed E-state index contributed by atoms with van der Waals surface area (Å²) in [6.07, 6.45) is 7.99. The van der Waals surface area contributed by atoms with E-state index in [9.17, 15) is 0 Å². The van der Waals surface area contributed by atoms with Gasteiger partial charge in [0.2, 0.25) is 0 Å². The molecule has 1 N–H and O–H groups in total. The summed E-state index contributed by atoms with van der Waals surface area (Å²) in [7, 11) is 0. The topological polar surface area (TPSA) is 24.9 Å². The predicted octanol–water partition coefficient (Wildman–Crippen LogP) is 4.51. The first-order valence-corrected chi connectivity index (χ1v) is 7.44. The van der Waals surface area contributed by atoms with Gasteiger partial charge in [-0.25, -0.2) is 4.98 Å². The van der Waals surface area contributed by atoms with Crippen LogP contribution < -0.4 is 5.32 Å². The number of aryl methyl sites for hydroxylation is 1. The Hall–Kier alpha value is -0.280. The molecule has 2 nitrogen and oxygen atoms in total. The summed E-state index contributed by atoms with van der Waals surface area (Å²) >= 11 is 9.63. The number of rotatable bonds is 3. The Labute approximate surface area is 116 Å². The van der Waals surface area contributed by atoms with Gasteiger partial charge in [0.1, 0.15) is 5.82 Å². The molecule has 17 heavy (non-hydrogen) atoms. The maximum atomic E-state index is 6.16. The summed E-state index contributed by atoms with van der Waals surface area (Å²) in [5.41, 5.74) is 1.25. The first kappa shape index (κ1) is 13.2. The summed E-state index contributed by atoms with van der Waals surface area (Å²) in [4.78, 5) is 4.41. The summed E-state index contributed by atoms with van der Waals surface area (Å²) in [5.74, 6) is 1.59. The highest BCUT2D eigenvalue weighted by molar-refractivity contribution is 9.10. The number of pyridine rings is 1. The van der Waals surface area contributed by atoms with Crippen LogP contribution in [0.2, 0.25) is 0 Å². The fourth-order valence-corrected chi connectivity index (χ4v) is 2.95. The maximum absolute atomic E-state index is 6.16. The van der Waals surface area contributed by atoms with Gasteiger partial charge in [0.15, 0.2) is 0 Å².